The summed E-state index contributed by atoms with van der Waals surface area (Å²) < 4.78 is 1.63. The Bertz CT molecular complexity index is 842. The van der Waals surface area contributed by atoms with E-state index in [1.54, 1.807) is 4.68 Å². The Balaban J connectivity index is 1.82. The molecular weight excluding hydrogens is 346 g/mol. The molecule has 3 heterocycles. The van der Waals surface area contributed by atoms with Crippen molar-refractivity contribution in [3.63, 3.8) is 0 Å². The van der Waals surface area contributed by atoms with E-state index >= 15 is 0 Å². The van der Waals surface area contributed by atoms with Gasteiger partial charge in [-0.3, -0.25) is 4.79 Å². The Labute approximate surface area is 157 Å². The smallest absolute Gasteiger partial charge is 0.226 e. The van der Waals surface area contributed by atoms with E-state index in [-0.39, 0.29) is 13.0 Å². The Kier molecular flexibility index (Phi) is 5.02. The highest BCUT2D eigenvalue weighted by Gasteiger charge is 2.26. The summed E-state index contributed by atoms with van der Waals surface area (Å²) in [5, 5.41) is 13.8. The van der Waals surface area contributed by atoms with Gasteiger partial charge in [0.2, 0.25) is 11.9 Å². The van der Waals surface area contributed by atoms with Crippen LogP contribution < -0.4 is 10.6 Å². The summed E-state index contributed by atoms with van der Waals surface area (Å²) in [6, 6.07) is 0. The van der Waals surface area contributed by atoms with Gasteiger partial charge in [0.1, 0.15) is 5.69 Å². The van der Waals surface area contributed by atoms with Gasteiger partial charge < -0.3 is 15.7 Å². The largest absolute Gasteiger partial charge is 0.394 e. The van der Waals surface area contributed by atoms with Crippen LogP contribution in [0.3, 0.4) is 0 Å². The van der Waals surface area contributed by atoms with E-state index in [9.17, 15) is 9.90 Å². The lowest BCUT2D eigenvalue weighted by molar-refractivity contribution is -0.117. The number of rotatable bonds is 6. The highest BCUT2D eigenvalue weighted by molar-refractivity contribution is 5.75. The number of nitrogens with two attached hydrogens (primary N) is 1. The number of aryl methyl sites for hydroxylation is 1. The molecule has 9 nitrogen and oxygen atoms in total. The van der Waals surface area contributed by atoms with Crippen LogP contribution in [0.15, 0.2) is 0 Å². The first kappa shape index (κ1) is 17.8. The topological polar surface area (TPSA) is 123 Å². The summed E-state index contributed by atoms with van der Waals surface area (Å²) in [6.07, 6.45) is 6.33. The molecule has 0 atom stereocenters. The highest BCUT2D eigenvalue weighted by atomic mass is 16.3. The molecule has 1 aliphatic heterocycles. The summed E-state index contributed by atoms with van der Waals surface area (Å²) >= 11 is 0. The first-order valence-corrected chi connectivity index (χ1v) is 9.63. The maximum atomic E-state index is 11.3. The Hall–Kier alpha value is -2.55. The minimum atomic E-state index is -0.481. The maximum Gasteiger partial charge on any atom is 0.226 e. The van der Waals surface area contributed by atoms with Gasteiger partial charge in [0.25, 0.3) is 0 Å². The molecule has 1 aliphatic carbocycles. The Morgan fingerprint density at radius 1 is 1.07 bits per heavy atom. The van der Waals surface area contributed by atoms with Crippen LogP contribution in [0.25, 0.3) is 11.5 Å². The molecular formula is C18H25N7O2. The van der Waals surface area contributed by atoms with Crippen LogP contribution >= 0.6 is 0 Å². The third-order valence-electron chi connectivity index (χ3n) is 5.13. The van der Waals surface area contributed by atoms with Gasteiger partial charge in [-0.1, -0.05) is 0 Å². The van der Waals surface area contributed by atoms with Crippen molar-refractivity contribution in [1.29, 1.82) is 0 Å². The quantitative estimate of drug-likeness (QED) is 0.745. The lowest BCUT2D eigenvalue weighted by Crippen LogP contribution is -2.23. The molecule has 1 saturated heterocycles. The predicted octanol–water partition coefficient (Wildman–Crippen LogP) is 0.234. The molecule has 0 bridgehead atoms. The van der Waals surface area contributed by atoms with Crippen molar-refractivity contribution in [2.24, 2.45) is 5.73 Å². The number of aliphatic hydroxyl groups excluding tert-OH is 1. The molecule has 27 heavy (non-hydrogen) atoms. The standard InChI is InChI=1S/C18H25N7O2/c19-14(27)11-15-21-17(25(23-15)9-10-26)16-12-5-1-2-6-13(12)20-18(22-16)24-7-3-4-8-24/h26H,1-11H2,(H2,19,27). The second-order valence-corrected chi connectivity index (χ2v) is 7.14. The lowest BCUT2D eigenvalue weighted by atomic mass is 9.94. The summed E-state index contributed by atoms with van der Waals surface area (Å²) in [6.45, 7) is 2.15. The number of carbonyl (C=O) groups excluding carboxylic acids is 1. The number of hydrogen-bond donors (Lipinski definition) is 2. The first-order chi connectivity index (χ1) is 13.2. The Morgan fingerprint density at radius 3 is 2.59 bits per heavy atom. The van der Waals surface area contributed by atoms with Crippen LogP contribution in [0, 0.1) is 0 Å². The van der Waals surface area contributed by atoms with Crippen molar-refractivity contribution in [2.75, 3.05) is 24.6 Å². The number of primary amides is 1. The zero-order chi connectivity index (χ0) is 18.8. The molecule has 0 radical (unpaired) electrons. The molecule has 3 N–H and O–H groups in total. The monoisotopic (exact) mass is 371 g/mol. The van der Waals surface area contributed by atoms with Crippen LogP contribution in [0.4, 0.5) is 5.95 Å². The molecule has 1 fully saturated rings. The van der Waals surface area contributed by atoms with Crippen LogP contribution in [0.2, 0.25) is 0 Å². The second-order valence-electron chi connectivity index (χ2n) is 7.14. The number of carbonyl (C=O) groups is 1. The lowest BCUT2D eigenvalue weighted by Gasteiger charge is -2.22. The molecule has 0 unspecified atom stereocenters. The minimum Gasteiger partial charge on any atom is -0.394 e. The number of anilines is 1. The zero-order valence-corrected chi connectivity index (χ0v) is 15.4. The van der Waals surface area contributed by atoms with Crippen LogP contribution in [-0.4, -0.2) is 55.4 Å². The van der Waals surface area contributed by atoms with Crippen molar-refractivity contribution < 1.29 is 9.90 Å². The fourth-order valence-electron chi connectivity index (χ4n) is 3.87. The van der Waals surface area contributed by atoms with Crippen LogP contribution in [0.1, 0.15) is 42.8 Å². The fraction of sp³-hybridized carbons (Fsp3) is 0.611. The van der Waals surface area contributed by atoms with Gasteiger partial charge >= 0.3 is 0 Å². The van der Waals surface area contributed by atoms with E-state index < -0.39 is 5.91 Å². The molecule has 0 spiro atoms. The molecule has 2 aliphatic rings. The van der Waals surface area contributed by atoms with Crippen molar-refractivity contribution >= 4 is 11.9 Å². The van der Waals surface area contributed by atoms with Crippen molar-refractivity contribution in [2.45, 2.75) is 51.5 Å². The van der Waals surface area contributed by atoms with E-state index in [0.717, 1.165) is 74.5 Å². The summed E-state index contributed by atoms with van der Waals surface area (Å²) in [7, 11) is 0. The summed E-state index contributed by atoms with van der Waals surface area (Å²) in [4.78, 5) is 27.8. The highest BCUT2D eigenvalue weighted by Crippen LogP contribution is 2.31. The number of nitrogens with zero attached hydrogens (tertiary/aromatic N) is 6. The number of aliphatic hydroxyl groups is 1. The molecule has 1 amide bonds. The van der Waals surface area contributed by atoms with E-state index in [2.05, 4.69) is 15.0 Å². The number of hydrogen-bond acceptors (Lipinski definition) is 7. The van der Waals surface area contributed by atoms with E-state index in [4.69, 9.17) is 15.7 Å². The van der Waals surface area contributed by atoms with Gasteiger partial charge in [0, 0.05) is 24.3 Å². The van der Waals surface area contributed by atoms with Gasteiger partial charge in [0.05, 0.1) is 19.6 Å². The van der Waals surface area contributed by atoms with Crippen LogP contribution in [-0.2, 0) is 30.6 Å². The third-order valence-corrected chi connectivity index (χ3v) is 5.13. The van der Waals surface area contributed by atoms with Crippen molar-refractivity contribution in [3.8, 4) is 11.5 Å². The first-order valence-electron chi connectivity index (χ1n) is 9.63. The number of amides is 1. The van der Waals surface area contributed by atoms with Crippen LogP contribution in [0.5, 0.6) is 0 Å². The molecule has 144 valence electrons. The zero-order valence-electron chi connectivity index (χ0n) is 15.4. The predicted molar refractivity (Wildman–Crippen MR) is 99.1 cm³/mol. The van der Waals surface area contributed by atoms with Gasteiger partial charge in [-0.15, -0.1) is 0 Å². The fourth-order valence-corrected chi connectivity index (χ4v) is 3.87. The number of fused-ring (bicyclic) bond motifs is 1. The van der Waals surface area contributed by atoms with Crippen molar-refractivity contribution in [1.82, 2.24) is 24.7 Å². The average Bonchev–Trinajstić information content (AvgIpc) is 3.31. The molecule has 2 aromatic rings. The molecule has 0 saturated carbocycles. The average molecular weight is 371 g/mol. The summed E-state index contributed by atoms with van der Waals surface area (Å²) in [5.74, 6) is 1.21. The third kappa shape index (κ3) is 3.64. The van der Waals surface area contributed by atoms with Gasteiger partial charge in [-0.25, -0.2) is 19.6 Å². The molecule has 4 rings (SSSR count). The van der Waals surface area contributed by atoms with Crippen molar-refractivity contribution in [3.05, 3.63) is 17.1 Å². The van der Waals surface area contributed by atoms with E-state index in [1.165, 1.54) is 0 Å². The van der Waals surface area contributed by atoms with Gasteiger partial charge in [-0.05, 0) is 38.5 Å². The summed E-state index contributed by atoms with van der Waals surface area (Å²) in [5.41, 5.74) is 8.28. The number of aromatic nitrogens is 5. The van der Waals surface area contributed by atoms with Gasteiger partial charge in [-0.2, -0.15) is 5.10 Å². The Morgan fingerprint density at radius 2 is 1.85 bits per heavy atom. The minimum absolute atomic E-state index is 0.0301. The normalized spacial score (nSPS) is 16.6. The van der Waals surface area contributed by atoms with E-state index in [1.807, 2.05) is 0 Å². The van der Waals surface area contributed by atoms with E-state index in [0.29, 0.717) is 18.2 Å². The maximum absolute atomic E-state index is 11.3. The SMILES string of the molecule is NC(=O)Cc1nc(-c2nc(N3CCCC3)nc3c2CCCC3)n(CCO)n1. The molecule has 9 heteroatoms. The molecule has 0 aromatic carbocycles. The second kappa shape index (κ2) is 7.59. The van der Waals surface area contributed by atoms with Gasteiger partial charge in [0.15, 0.2) is 11.6 Å². The molecule has 2 aromatic heterocycles.